The van der Waals surface area contributed by atoms with E-state index in [0.29, 0.717) is 11.0 Å². The maximum atomic E-state index is 6.29. The van der Waals surface area contributed by atoms with Gasteiger partial charge in [0.15, 0.2) is 0 Å². The highest BCUT2D eigenvalue weighted by atomic mass is 15.2. The highest BCUT2D eigenvalue weighted by Gasteiger charge is 2.43. The summed E-state index contributed by atoms with van der Waals surface area (Å²) in [4.78, 5) is 2.77. The molecule has 2 fully saturated rings. The van der Waals surface area contributed by atoms with Gasteiger partial charge >= 0.3 is 0 Å². The monoisotopic (exact) mass is 294 g/mol. The zero-order valence-corrected chi connectivity index (χ0v) is 15.1. The lowest BCUT2D eigenvalue weighted by molar-refractivity contribution is -0.0168. The van der Waals surface area contributed by atoms with Crippen LogP contribution in [-0.2, 0) is 0 Å². The van der Waals surface area contributed by atoms with Crippen LogP contribution in [-0.4, -0.2) is 30.1 Å². The van der Waals surface area contributed by atoms with Crippen LogP contribution < -0.4 is 5.73 Å². The molecule has 1 aliphatic carbocycles. The Hall–Kier alpha value is -0.0800. The summed E-state index contributed by atoms with van der Waals surface area (Å²) < 4.78 is 0. The summed E-state index contributed by atoms with van der Waals surface area (Å²) in [6.45, 7) is 15.5. The van der Waals surface area contributed by atoms with Gasteiger partial charge in [-0.25, -0.2) is 0 Å². The number of rotatable bonds is 4. The third kappa shape index (κ3) is 3.47. The Morgan fingerprint density at radius 1 is 1.10 bits per heavy atom. The van der Waals surface area contributed by atoms with E-state index in [1.807, 2.05) is 0 Å². The van der Waals surface area contributed by atoms with Crippen LogP contribution in [0.1, 0.15) is 73.1 Å². The normalized spacial score (nSPS) is 39.4. The Morgan fingerprint density at radius 3 is 2.19 bits per heavy atom. The van der Waals surface area contributed by atoms with Gasteiger partial charge in [-0.2, -0.15) is 0 Å². The van der Waals surface area contributed by atoms with Crippen molar-refractivity contribution in [1.82, 2.24) is 4.90 Å². The van der Waals surface area contributed by atoms with E-state index >= 15 is 0 Å². The molecule has 1 saturated carbocycles. The largest absolute Gasteiger partial charge is 0.329 e. The molecule has 2 unspecified atom stereocenters. The predicted molar refractivity (Wildman–Crippen MR) is 92.3 cm³/mol. The van der Waals surface area contributed by atoms with Crippen molar-refractivity contribution >= 4 is 0 Å². The summed E-state index contributed by atoms with van der Waals surface area (Å²) in [5.41, 5.74) is 7.11. The molecule has 2 N–H and O–H groups in total. The van der Waals surface area contributed by atoms with E-state index in [9.17, 15) is 0 Å². The van der Waals surface area contributed by atoms with Gasteiger partial charge in [-0.3, -0.25) is 4.90 Å². The first kappa shape index (κ1) is 17.3. The molecule has 2 aliphatic rings. The van der Waals surface area contributed by atoms with Crippen LogP contribution in [0.4, 0.5) is 0 Å². The summed E-state index contributed by atoms with van der Waals surface area (Å²) in [7, 11) is 0. The van der Waals surface area contributed by atoms with E-state index in [1.165, 1.54) is 51.6 Å². The van der Waals surface area contributed by atoms with E-state index in [-0.39, 0.29) is 0 Å². The predicted octanol–water partition coefficient (Wildman–Crippen LogP) is 4.29. The van der Waals surface area contributed by atoms with Crippen LogP contribution in [0, 0.1) is 23.2 Å². The SMILES string of the molecule is CCC(C)(C)C1CCC(CN)(N2CCC(C)C(C)C2)CC1. The minimum absolute atomic E-state index is 0.314. The lowest BCUT2D eigenvalue weighted by Gasteiger charge is -2.53. The number of piperidine rings is 1. The standard InChI is InChI=1S/C19H38N2/c1-6-18(4,5)17-7-10-19(14-20,11-8-17)21-12-9-15(2)16(3)13-21/h15-17H,6-14,20H2,1-5H3. The lowest BCUT2D eigenvalue weighted by Crippen LogP contribution is -2.59. The van der Waals surface area contributed by atoms with Crippen molar-refractivity contribution in [3.8, 4) is 0 Å². The molecule has 2 nitrogen and oxygen atoms in total. The quantitative estimate of drug-likeness (QED) is 0.838. The summed E-state index contributed by atoms with van der Waals surface area (Å²) in [6.07, 6.45) is 8.03. The summed E-state index contributed by atoms with van der Waals surface area (Å²) in [5, 5.41) is 0. The van der Waals surface area contributed by atoms with E-state index in [2.05, 4.69) is 39.5 Å². The first-order valence-electron chi connectivity index (χ1n) is 9.30. The van der Waals surface area contributed by atoms with Gasteiger partial charge in [0.1, 0.15) is 0 Å². The van der Waals surface area contributed by atoms with Crippen LogP contribution in [0.15, 0.2) is 0 Å². The zero-order valence-electron chi connectivity index (χ0n) is 15.1. The summed E-state index contributed by atoms with van der Waals surface area (Å²) >= 11 is 0. The lowest BCUT2D eigenvalue weighted by atomic mass is 9.64. The highest BCUT2D eigenvalue weighted by Crippen LogP contribution is 2.46. The molecule has 0 radical (unpaired) electrons. The molecular weight excluding hydrogens is 256 g/mol. The molecule has 0 bridgehead atoms. The maximum Gasteiger partial charge on any atom is 0.0332 e. The van der Waals surface area contributed by atoms with Crippen molar-refractivity contribution < 1.29 is 0 Å². The molecular formula is C19H38N2. The topological polar surface area (TPSA) is 29.3 Å². The Balaban J connectivity index is 2.01. The van der Waals surface area contributed by atoms with Crippen molar-refractivity contribution in [2.75, 3.05) is 19.6 Å². The van der Waals surface area contributed by atoms with Crippen LogP contribution in [0.3, 0.4) is 0 Å². The van der Waals surface area contributed by atoms with Crippen molar-refractivity contribution in [1.29, 1.82) is 0 Å². The number of likely N-dealkylation sites (tertiary alicyclic amines) is 1. The molecule has 1 aliphatic heterocycles. The third-order valence-corrected chi connectivity index (χ3v) is 7.32. The molecule has 124 valence electrons. The molecule has 0 aromatic carbocycles. The van der Waals surface area contributed by atoms with Crippen LogP contribution in [0.2, 0.25) is 0 Å². The van der Waals surface area contributed by atoms with E-state index in [1.54, 1.807) is 0 Å². The average Bonchev–Trinajstić information content (AvgIpc) is 2.50. The molecule has 2 rings (SSSR count). The fourth-order valence-corrected chi connectivity index (χ4v) is 4.57. The molecule has 0 aromatic rings. The first-order chi connectivity index (χ1) is 9.84. The Bertz CT molecular complexity index is 328. The smallest absolute Gasteiger partial charge is 0.0332 e. The zero-order chi connectivity index (χ0) is 15.7. The summed E-state index contributed by atoms with van der Waals surface area (Å²) in [5.74, 6) is 2.60. The minimum atomic E-state index is 0.314. The minimum Gasteiger partial charge on any atom is -0.329 e. The molecule has 21 heavy (non-hydrogen) atoms. The molecule has 0 spiro atoms. The number of nitrogens with zero attached hydrogens (tertiary/aromatic N) is 1. The van der Waals surface area contributed by atoms with E-state index in [4.69, 9.17) is 5.73 Å². The van der Waals surface area contributed by atoms with Crippen molar-refractivity contribution in [2.45, 2.75) is 78.7 Å². The second kappa shape index (κ2) is 6.58. The highest BCUT2D eigenvalue weighted by molar-refractivity contribution is 4.99. The van der Waals surface area contributed by atoms with Gasteiger partial charge in [-0.05, 0) is 61.8 Å². The van der Waals surface area contributed by atoms with Crippen LogP contribution >= 0.6 is 0 Å². The van der Waals surface area contributed by atoms with Crippen molar-refractivity contribution in [2.24, 2.45) is 28.9 Å². The Morgan fingerprint density at radius 2 is 1.71 bits per heavy atom. The second-order valence-corrected chi connectivity index (χ2v) is 8.73. The van der Waals surface area contributed by atoms with Crippen LogP contribution in [0.5, 0.6) is 0 Å². The fourth-order valence-electron chi connectivity index (χ4n) is 4.57. The van der Waals surface area contributed by atoms with Crippen molar-refractivity contribution in [3.05, 3.63) is 0 Å². The average molecular weight is 295 g/mol. The number of hydrogen-bond donors (Lipinski definition) is 1. The van der Waals surface area contributed by atoms with Gasteiger partial charge in [-0.1, -0.05) is 41.0 Å². The van der Waals surface area contributed by atoms with Gasteiger partial charge in [-0.15, -0.1) is 0 Å². The molecule has 0 amide bonds. The Labute approximate surface area is 132 Å². The molecule has 0 aromatic heterocycles. The molecule has 2 atom stereocenters. The van der Waals surface area contributed by atoms with E-state index in [0.717, 1.165) is 24.3 Å². The van der Waals surface area contributed by atoms with Gasteiger partial charge < -0.3 is 5.73 Å². The summed E-state index contributed by atoms with van der Waals surface area (Å²) in [6, 6.07) is 0. The second-order valence-electron chi connectivity index (χ2n) is 8.73. The first-order valence-corrected chi connectivity index (χ1v) is 9.30. The molecule has 2 heteroatoms. The van der Waals surface area contributed by atoms with Gasteiger partial charge in [0.2, 0.25) is 0 Å². The number of hydrogen-bond acceptors (Lipinski definition) is 2. The molecule has 1 saturated heterocycles. The number of nitrogens with two attached hydrogens (primary N) is 1. The van der Waals surface area contributed by atoms with Gasteiger partial charge in [0, 0.05) is 18.6 Å². The van der Waals surface area contributed by atoms with E-state index < -0.39 is 0 Å². The van der Waals surface area contributed by atoms with Gasteiger partial charge in [0.25, 0.3) is 0 Å². The Kier molecular flexibility index (Phi) is 5.41. The maximum absolute atomic E-state index is 6.29. The van der Waals surface area contributed by atoms with Crippen LogP contribution in [0.25, 0.3) is 0 Å². The van der Waals surface area contributed by atoms with Crippen molar-refractivity contribution in [3.63, 3.8) is 0 Å². The van der Waals surface area contributed by atoms with Gasteiger partial charge in [0.05, 0.1) is 0 Å². The third-order valence-electron chi connectivity index (χ3n) is 7.32. The fraction of sp³-hybridized carbons (Fsp3) is 1.00. The molecule has 1 heterocycles.